The van der Waals surface area contributed by atoms with E-state index in [0.29, 0.717) is 0 Å². The Labute approximate surface area is 164 Å². The summed E-state index contributed by atoms with van der Waals surface area (Å²) in [6.45, 7) is 4.65. The van der Waals surface area contributed by atoms with E-state index in [1.807, 2.05) is 6.07 Å². The van der Waals surface area contributed by atoms with Crippen molar-refractivity contribution in [1.82, 2.24) is 9.55 Å². The molecule has 0 aliphatic heterocycles. The molecular formula is C26H20N2. The van der Waals surface area contributed by atoms with Crippen molar-refractivity contribution in [2.45, 2.75) is 19.3 Å². The Kier molecular flexibility index (Phi) is 2.98. The maximum atomic E-state index is 4.95. The van der Waals surface area contributed by atoms with Gasteiger partial charge in [-0.25, -0.2) is 4.98 Å². The fraction of sp³-hybridized carbons (Fsp3) is 0.115. The standard InChI is InChI=1S/C26H20N2/c1-26(2)20-9-5-4-8-19(20)24-21(26)13-11-18-15-16-28(25(18)24)23-14-12-17-7-3-6-10-22(17)27-23/h3-16H,1-2H3. The number of pyridine rings is 1. The fourth-order valence-corrected chi connectivity index (χ4v) is 4.80. The Morgan fingerprint density at radius 2 is 1.50 bits per heavy atom. The smallest absolute Gasteiger partial charge is 0.137 e. The van der Waals surface area contributed by atoms with Crippen molar-refractivity contribution < 1.29 is 0 Å². The first-order valence-electron chi connectivity index (χ1n) is 9.75. The van der Waals surface area contributed by atoms with Crippen LogP contribution in [0.3, 0.4) is 0 Å². The molecule has 5 aromatic rings. The van der Waals surface area contributed by atoms with Crippen molar-refractivity contribution in [3.05, 3.63) is 96.2 Å². The SMILES string of the molecule is CC1(C)c2ccccc2-c2c1ccc1ccn(-c3ccc4ccccc4n3)c21. The lowest BCUT2D eigenvalue weighted by Crippen LogP contribution is -2.14. The molecular weight excluding hydrogens is 340 g/mol. The predicted molar refractivity (Wildman–Crippen MR) is 116 cm³/mol. The van der Waals surface area contributed by atoms with Gasteiger partial charge in [0.05, 0.1) is 11.0 Å². The van der Waals surface area contributed by atoms with Gasteiger partial charge >= 0.3 is 0 Å². The van der Waals surface area contributed by atoms with Crippen molar-refractivity contribution in [2.75, 3.05) is 0 Å². The first-order chi connectivity index (χ1) is 13.6. The van der Waals surface area contributed by atoms with Crippen molar-refractivity contribution in [3.63, 3.8) is 0 Å². The molecule has 0 radical (unpaired) electrons. The summed E-state index contributed by atoms with van der Waals surface area (Å²) in [5, 5.41) is 2.42. The molecule has 0 N–H and O–H groups in total. The minimum atomic E-state index is 0.00598. The summed E-state index contributed by atoms with van der Waals surface area (Å²) in [6.07, 6.45) is 2.15. The monoisotopic (exact) mass is 360 g/mol. The van der Waals surface area contributed by atoms with Gasteiger partial charge in [-0.1, -0.05) is 68.4 Å². The second-order valence-electron chi connectivity index (χ2n) is 8.14. The molecule has 2 nitrogen and oxygen atoms in total. The van der Waals surface area contributed by atoms with E-state index in [0.717, 1.165) is 11.3 Å². The fourth-order valence-electron chi connectivity index (χ4n) is 4.80. The second kappa shape index (κ2) is 5.32. The minimum Gasteiger partial charge on any atom is -0.301 e. The van der Waals surface area contributed by atoms with Gasteiger partial charge in [-0.3, -0.25) is 0 Å². The van der Waals surface area contributed by atoms with Gasteiger partial charge in [0, 0.05) is 27.9 Å². The zero-order valence-corrected chi connectivity index (χ0v) is 16.0. The summed E-state index contributed by atoms with van der Waals surface area (Å²) in [4.78, 5) is 4.95. The number of aromatic nitrogens is 2. The van der Waals surface area contributed by atoms with Crippen molar-refractivity contribution in [2.24, 2.45) is 0 Å². The van der Waals surface area contributed by atoms with Crippen LogP contribution in [-0.2, 0) is 5.41 Å². The number of para-hydroxylation sites is 1. The van der Waals surface area contributed by atoms with Gasteiger partial charge in [0.15, 0.2) is 0 Å². The maximum absolute atomic E-state index is 4.95. The summed E-state index contributed by atoms with van der Waals surface area (Å²) in [7, 11) is 0. The zero-order valence-electron chi connectivity index (χ0n) is 16.0. The van der Waals surface area contributed by atoms with E-state index in [-0.39, 0.29) is 5.41 Å². The van der Waals surface area contributed by atoms with Gasteiger partial charge in [0.25, 0.3) is 0 Å². The summed E-state index contributed by atoms with van der Waals surface area (Å²) in [5.74, 6) is 0.962. The van der Waals surface area contributed by atoms with Crippen LogP contribution < -0.4 is 0 Å². The molecule has 0 atom stereocenters. The number of hydrogen-bond donors (Lipinski definition) is 0. The highest BCUT2D eigenvalue weighted by Gasteiger charge is 2.36. The van der Waals surface area contributed by atoms with Crippen LogP contribution in [0, 0.1) is 0 Å². The van der Waals surface area contributed by atoms with Crippen LogP contribution in [0.4, 0.5) is 0 Å². The molecule has 0 fully saturated rings. The first-order valence-corrected chi connectivity index (χ1v) is 9.75. The molecule has 2 heterocycles. The van der Waals surface area contributed by atoms with Crippen molar-refractivity contribution >= 4 is 21.8 Å². The van der Waals surface area contributed by atoms with E-state index in [1.165, 1.54) is 38.5 Å². The molecule has 3 aromatic carbocycles. The highest BCUT2D eigenvalue weighted by Crippen LogP contribution is 2.51. The normalized spacial score (nSPS) is 14.4. The van der Waals surface area contributed by atoms with Crippen LogP contribution in [0.25, 0.3) is 38.8 Å². The summed E-state index contributed by atoms with van der Waals surface area (Å²) < 4.78 is 2.25. The highest BCUT2D eigenvalue weighted by atomic mass is 15.1. The highest BCUT2D eigenvalue weighted by molar-refractivity contribution is 6.01. The van der Waals surface area contributed by atoms with Gasteiger partial charge in [-0.05, 0) is 41.0 Å². The lowest BCUT2D eigenvalue weighted by molar-refractivity contribution is 0.661. The Morgan fingerprint density at radius 1 is 0.714 bits per heavy atom. The van der Waals surface area contributed by atoms with Crippen LogP contribution in [0.2, 0.25) is 0 Å². The quantitative estimate of drug-likeness (QED) is 0.334. The maximum Gasteiger partial charge on any atom is 0.137 e. The molecule has 0 amide bonds. The molecule has 1 aliphatic carbocycles. The average molecular weight is 360 g/mol. The second-order valence-corrected chi connectivity index (χ2v) is 8.14. The first kappa shape index (κ1) is 15.6. The summed E-state index contributed by atoms with van der Waals surface area (Å²) in [6, 6.07) is 28.1. The van der Waals surface area contributed by atoms with Gasteiger partial charge in [0.2, 0.25) is 0 Å². The molecule has 0 unspecified atom stereocenters. The topological polar surface area (TPSA) is 17.8 Å². The Hall–Kier alpha value is -3.39. The van der Waals surface area contributed by atoms with E-state index in [9.17, 15) is 0 Å². The molecule has 0 spiro atoms. The van der Waals surface area contributed by atoms with Crippen LogP contribution in [0.1, 0.15) is 25.0 Å². The van der Waals surface area contributed by atoms with E-state index in [1.54, 1.807) is 0 Å². The Morgan fingerprint density at radius 3 is 2.43 bits per heavy atom. The molecule has 0 saturated heterocycles. The summed E-state index contributed by atoms with van der Waals surface area (Å²) in [5.41, 5.74) is 7.76. The number of nitrogens with zero attached hydrogens (tertiary/aromatic N) is 2. The molecule has 0 bridgehead atoms. The molecule has 134 valence electrons. The molecule has 6 rings (SSSR count). The molecule has 28 heavy (non-hydrogen) atoms. The minimum absolute atomic E-state index is 0.00598. The zero-order chi connectivity index (χ0) is 18.9. The van der Waals surface area contributed by atoms with Gasteiger partial charge in [0.1, 0.15) is 5.82 Å². The average Bonchev–Trinajstić information content (AvgIpc) is 3.25. The predicted octanol–water partition coefficient (Wildman–Crippen LogP) is 6.49. The van der Waals surface area contributed by atoms with Gasteiger partial charge < -0.3 is 4.57 Å². The Bertz CT molecular complexity index is 1390. The largest absolute Gasteiger partial charge is 0.301 e. The van der Waals surface area contributed by atoms with Crippen LogP contribution in [0.15, 0.2) is 85.1 Å². The lowest BCUT2D eigenvalue weighted by Gasteiger charge is -2.21. The number of benzene rings is 3. The third-order valence-corrected chi connectivity index (χ3v) is 6.23. The number of rotatable bonds is 1. The molecule has 2 aromatic heterocycles. The molecule has 1 aliphatic rings. The molecule has 0 saturated carbocycles. The van der Waals surface area contributed by atoms with Crippen LogP contribution in [-0.4, -0.2) is 9.55 Å². The van der Waals surface area contributed by atoms with Gasteiger partial charge in [-0.2, -0.15) is 0 Å². The van der Waals surface area contributed by atoms with Crippen molar-refractivity contribution in [3.8, 4) is 16.9 Å². The Balaban J connectivity index is 1.70. The third kappa shape index (κ3) is 1.95. The van der Waals surface area contributed by atoms with Crippen LogP contribution in [0.5, 0.6) is 0 Å². The third-order valence-electron chi connectivity index (χ3n) is 6.23. The van der Waals surface area contributed by atoms with Gasteiger partial charge in [-0.15, -0.1) is 0 Å². The molecule has 2 heteroatoms. The van der Waals surface area contributed by atoms with E-state index in [2.05, 4.69) is 97.4 Å². The van der Waals surface area contributed by atoms with E-state index in [4.69, 9.17) is 4.98 Å². The van der Waals surface area contributed by atoms with E-state index < -0.39 is 0 Å². The number of hydrogen-bond acceptors (Lipinski definition) is 1. The number of fused-ring (bicyclic) bond motifs is 6. The summed E-state index contributed by atoms with van der Waals surface area (Å²) >= 11 is 0. The van der Waals surface area contributed by atoms with Crippen LogP contribution >= 0.6 is 0 Å². The lowest BCUT2D eigenvalue weighted by atomic mass is 9.82. The van der Waals surface area contributed by atoms with Crippen molar-refractivity contribution in [1.29, 1.82) is 0 Å². The van der Waals surface area contributed by atoms with E-state index >= 15 is 0 Å².